The zero-order chi connectivity index (χ0) is 19.9. The first-order chi connectivity index (χ1) is 13.6. The number of aromatic nitrogens is 2. The quantitative estimate of drug-likeness (QED) is 0.430. The lowest BCUT2D eigenvalue weighted by atomic mass is 10.1. The van der Waals surface area contributed by atoms with Crippen LogP contribution in [0.2, 0.25) is 0 Å². The first-order valence-corrected chi connectivity index (χ1v) is 10.8. The van der Waals surface area contributed by atoms with E-state index in [-0.39, 0.29) is 11.5 Å². The van der Waals surface area contributed by atoms with Crippen LogP contribution in [0.15, 0.2) is 53.3 Å². The molecule has 0 bridgehead atoms. The van der Waals surface area contributed by atoms with Crippen molar-refractivity contribution in [3.63, 3.8) is 0 Å². The Morgan fingerprint density at radius 1 is 1.21 bits per heavy atom. The summed E-state index contributed by atoms with van der Waals surface area (Å²) in [5, 5.41) is 3.47. The molecule has 0 unspecified atom stereocenters. The van der Waals surface area contributed by atoms with Crippen LogP contribution in [0.25, 0.3) is 10.9 Å². The number of amides is 1. The van der Waals surface area contributed by atoms with E-state index < -0.39 is 0 Å². The standard InChI is InChI=1S/C21H23N3O2S2/c1-2-11-24-20(26)17-9-8-16(13-18(17)23-21(24)27)19(25)22-10-12-28-14-15-6-4-3-5-7-15/h3-9,13H,2,10-12,14H2,1H3,(H,22,25)(H,23,27). The van der Waals surface area contributed by atoms with Crippen LogP contribution >= 0.6 is 24.0 Å². The first-order valence-electron chi connectivity index (χ1n) is 9.27. The van der Waals surface area contributed by atoms with E-state index in [1.54, 1.807) is 34.5 Å². The molecule has 5 nitrogen and oxygen atoms in total. The Hall–Kier alpha value is -2.38. The molecule has 1 amide bonds. The highest BCUT2D eigenvalue weighted by atomic mass is 32.2. The summed E-state index contributed by atoms with van der Waals surface area (Å²) in [7, 11) is 0. The third kappa shape index (κ3) is 4.91. The SMILES string of the molecule is CCCn1c(=S)[nH]c2cc(C(=O)NCCSCc3ccccc3)ccc2c1=O. The monoisotopic (exact) mass is 413 g/mol. The number of hydrogen-bond acceptors (Lipinski definition) is 4. The molecule has 0 aliphatic carbocycles. The lowest BCUT2D eigenvalue weighted by Crippen LogP contribution is -2.26. The van der Waals surface area contributed by atoms with Crippen LogP contribution < -0.4 is 10.9 Å². The normalized spacial score (nSPS) is 10.9. The molecule has 0 spiro atoms. The largest absolute Gasteiger partial charge is 0.351 e. The molecule has 1 aromatic heterocycles. The molecule has 0 fully saturated rings. The number of benzene rings is 2. The Kier molecular flexibility index (Phi) is 7.06. The third-order valence-corrected chi connectivity index (χ3v) is 5.69. The highest BCUT2D eigenvalue weighted by molar-refractivity contribution is 7.98. The van der Waals surface area contributed by atoms with E-state index in [1.165, 1.54) is 5.56 Å². The highest BCUT2D eigenvalue weighted by Crippen LogP contribution is 2.12. The zero-order valence-corrected chi connectivity index (χ0v) is 17.4. The van der Waals surface area contributed by atoms with Crippen molar-refractivity contribution in [1.82, 2.24) is 14.9 Å². The summed E-state index contributed by atoms with van der Waals surface area (Å²) in [6.07, 6.45) is 0.825. The molecular formula is C21H23N3O2S2. The number of carbonyl (C=O) groups is 1. The number of H-pyrrole nitrogens is 1. The van der Waals surface area contributed by atoms with Crippen LogP contribution in [-0.2, 0) is 12.3 Å². The summed E-state index contributed by atoms with van der Waals surface area (Å²) in [5.41, 5.74) is 2.26. The van der Waals surface area contributed by atoms with E-state index in [1.807, 2.05) is 25.1 Å². The smallest absolute Gasteiger partial charge is 0.262 e. The number of carbonyl (C=O) groups excluding carboxylic acids is 1. The van der Waals surface area contributed by atoms with Crippen molar-refractivity contribution < 1.29 is 4.79 Å². The van der Waals surface area contributed by atoms with Gasteiger partial charge in [-0.2, -0.15) is 11.8 Å². The molecule has 0 saturated carbocycles. The van der Waals surface area contributed by atoms with E-state index >= 15 is 0 Å². The topological polar surface area (TPSA) is 66.9 Å². The summed E-state index contributed by atoms with van der Waals surface area (Å²) in [6.45, 7) is 3.16. The maximum atomic E-state index is 12.6. The lowest BCUT2D eigenvalue weighted by molar-refractivity contribution is 0.0956. The van der Waals surface area contributed by atoms with Crippen molar-refractivity contribution in [1.29, 1.82) is 0 Å². The summed E-state index contributed by atoms with van der Waals surface area (Å²) in [4.78, 5) is 28.0. The number of fused-ring (bicyclic) bond motifs is 1. The zero-order valence-electron chi connectivity index (χ0n) is 15.7. The van der Waals surface area contributed by atoms with Gasteiger partial charge >= 0.3 is 0 Å². The number of rotatable bonds is 8. The molecule has 0 radical (unpaired) electrons. The molecule has 0 aliphatic rings. The van der Waals surface area contributed by atoms with Gasteiger partial charge in [-0.05, 0) is 42.4 Å². The van der Waals surface area contributed by atoms with Gasteiger partial charge in [0.25, 0.3) is 11.5 Å². The Balaban J connectivity index is 1.61. The lowest BCUT2D eigenvalue weighted by Gasteiger charge is -2.09. The van der Waals surface area contributed by atoms with Crippen molar-refractivity contribution >= 4 is 40.8 Å². The molecule has 1 heterocycles. The van der Waals surface area contributed by atoms with Gasteiger partial charge in [-0.1, -0.05) is 37.3 Å². The van der Waals surface area contributed by atoms with Crippen LogP contribution in [0.3, 0.4) is 0 Å². The number of thioether (sulfide) groups is 1. The maximum Gasteiger partial charge on any atom is 0.262 e. The molecule has 28 heavy (non-hydrogen) atoms. The van der Waals surface area contributed by atoms with E-state index in [0.29, 0.717) is 34.3 Å². The average molecular weight is 414 g/mol. The fraction of sp³-hybridized carbons (Fsp3) is 0.286. The molecule has 0 saturated heterocycles. The predicted molar refractivity (Wildman–Crippen MR) is 119 cm³/mol. The van der Waals surface area contributed by atoms with Gasteiger partial charge in [-0.15, -0.1) is 0 Å². The minimum absolute atomic E-state index is 0.120. The second-order valence-corrected chi connectivity index (χ2v) is 7.93. The predicted octanol–water partition coefficient (Wildman–Crippen LogP) is 4.13. The van der Waals surface area contributed by atoms with Crippen LogP contribution in [-0.4, -0.2) is 27.8 Å². The second-order valence-electron chi connectivity index (χ2n) is 6.44. The van der Waals surface area contributed by atoms with Crippen molar-refractivity contribution in [3.05, 3.63) is 74.8 Å². The molecule has 3 aromatic rings. The summed E-state index contributed by atoms with van der Waals surface area (Å²) < 4.78 is 1.94. The molecule has 0 atom stereocenters. The van der Waals surface area contributed by atoms with E-state index in [0.717, 1.165) is 17.9 Å². The second kappa shape index (κ2) is 9.71. The van der Waals surface area contributed by atoms with E-state index in [4.69, 9.17) is 12.2 Å². The van der Waals surface area contributed by atoms with Gasteiger partial charge in [0, 0.05) is 30.2 Å². The van der Waals surface area contributed by atoms with Gasteiger partial charge in [0.15, 0.2) is 4.77 Å². The molecular weight excluding hydrogens is 390 g/mol. The molecule has 3 rings (SSSR count). The van der Waals surface area contributed by atoms with Crippen molar-refractivity contribution in [2.45, 2.75) is 25.6 Å². The van der Waals surface area contributed by atoms with Crippen LogP contribution in [0.4, 0.5) is 0 Å². The minimum atomic E-state index is -0.153. The van der Waals surface area contributed by atoms with Crippen molar-refractivity contribution in [3.8, 4) is 0 Å². The van der Waals surface area contributed by atoms with Gasteiger partial charge in [0.2, 0.25) is 0 Å². The third-order valence-electron chi connectivity index (χ3n) is 4.33. The van der Waals surface area contributed by atoms with Gasteiger partial charge < -0.3 is 10.3 Å². The maximum absolute atomic E-state index is 12.6. The Labute approximate surface area is 173 Å². The Morgan fingerprint density at radius 3 is 2.75 bits per heavy atom. The van der Waals surface area contributed by atoms with Gasteiger partial charge in [0.1, 0.15) is 0 Å². The minimum Gasteiger partial charge on any atom is -0.351 e. The number of nitrogens with one attached hydrogen (secondary N) is 2. The van der Waals surface area contributed by atoms with Crippen molar-refractivity contribution in [2.75, 3.05) is 12.3 Å². The van der Waals surface area contributed by atoms with Crippen LogP contribution in [0, 0.1) is 4.77 Å². The highest BCUT2D eigenvalue weighted by Gasteiger charge is 2.10. The molecule has 146 valence electrons. The van der Waals surface area contributed by atoms with Gasteiger partial charge in [0.05, 0.1) is 10.9 Å². The molecule has 2 N–H and O–H groups in total. The van der Waals surface area contributed by atoms with Gasteiger partial charge in [-0.3, -0.25) is 14.2 Å². The fourth-order valence-corrected chi connectivity index (χ4v) is 4.03. The van der Waals surface area contributed by atoms with E-state index in [2.05, 4.69) is 22.4 Å². The summed E-state index contributed by atoms with van der Waals surface area (Å²) >= 11 is 7.06. The van der Waals surface area contributed by atoms with E-state index in [9.17, 15) is 9.59 Å². The number of hydrogen-bond donors (Lipinski definition) is 2. The fourth-order valence-electron chi connectivity index (χ4n) is 2.93. The molecule has 2 aromatic carbocycles. The number of aromatic amines is 1. The van der Waals surface area contributed by atoms with Crippen LogP contribution in [0.1, 0.15) is 29.3 Å². The Morgan fingerprint density at radius 2 is 2.00 bits per heavy atom. The Bertz CT molecular complexity index is 1070. The molecule has 7 heteroatoms. The molecule has 0 aliphatic heterocycles. The van der Waals surface area contributed by atoms with Gasteiger partial charge in [-0.25, -0.2) is 0 Å². The first kappa shape index (κ1) is 20.4. The van der Waals surface area contributed by atoms with Crippen LogP contribution in [0.5, 0.6) is 0 Å². The average Bonchev–Trinajstić information content (AvgIpc) is 2.71. The van der Waals surface area contributed by atoms with Crippen molar-refractivity contribution in [2.24, 2.45) is 0 Å². The number of nitrogens with zero attached hydrogens (tertiary/aromatic N) is 1. The summed E-state index contributed by atoms with van der Waals surface area (Å²) in [6, 6.07) is 15.3. The summed E-state index contributed by atoms with van der Waals surface area (Å²) in [5.74, 6) is 1.60.